The first kappa shape index (κ1) is 14.9. The van der Waals surface area contributed by atoms with Gasteiger partial charge in [-0.05, 0) is 38.1 Å². The van der Waals surface area contributed by atoms with Crippen LogP contribution in [0.1, 0.15) is 20.3 Å². The highest BCUT2D eigenvalue weighted by atomic mass is 32.2. The van der Waals surface area contributed by atoms with Crippen LogP contribution in [-0.4, -0.2) is 17.2 Å². The van der Waals surface area contributed by atoms with Crippen LogP contribution in [0.5, 0.6) is 0 Å². The zero-order valence-corrected chi connectivity index (χ0v) is 11.1. The molecule has 1 amide bonds. The summed E-state index contributed by atoms with van der Waals surface area (Å²) >= 11 is 0.470. The van der Waals surface area contributed by atoms with Gasteiger partial charge >= 0.3 is 0 Å². The van der Waals surface area contributed by atoms with Gasteiger partial charge in [0.15, 0.2) is 0 Å². The van der Waals surface area contributed by atoms with Crippen molar-refractivity contribution in [1.29, 1.82) is 0 Å². The van der Waals surface area contributed by atoms with Crippen molar-refractivity contribution < 1.29 is 13.6 Å². The molecule has 1 aromatic rings. The van der Waals surface area contributed by atoms with Crippen LogP contribution in [0.25, 0.3) is 0 Å². The van der Waals surface area contributed by atoms with Gasteiger partial charge in [0, 0.05) is 22.5 Å². The normalized spacial score (nSPS) is 11.7. The summed E-state index contributed by atoms with van der Waals surface area (Å²) in [5, 5.41) is 2.66. The number of rotatable bonds is 5. The largest absolute Gasteiger partial charge is 0.326 e. The lowest BCUT2D eigenvalue weighted by Gasteiger charge is -2.17. The minimum absolute atomic E-state index is 0.195. The van der Waals surface area contributed by atoms with Gasteiger partial charge < -0.3 is 11.1 Å². The molecule has 0 heterocycles. The van der Waals surface area contributed by atoms with E-state index >= 15 is 0 Å². The van der Waals surface area contributed by atoms with Crippen molar-refractivity contribution >= 4 is 23.4 Å². The predicted octanol–water partition coefficient (Wildman–Crippen LogP) is 3.07. The molecule has 0 unspecified atom stereocenters. The Morgan fingerprint density at radius 2 is 1.94 bits per heavy atom. The summed E-state index contributed by atoms with van der Waals surface area (Å²) in [6, 6.07) is 6.26. The van der Waals surface area contributed by atoms with Crippen molar-refractivity contribution in [3.8, 4) is 0 Å². The van der Waals surface area contributed by atoms with Gasteiger partial charge in [-0.1, -0.05) is 11.8 Å². The quantitative estimate of drug-likeness (QED) is 0.811. The Kier molecular flexibility index (Phi) is 5.10. The second-order valence-electron chi connectivity index (χ2n) is 4.62. The van der Waals surface area contributed by atoms with Crippen LogP contribution in [0, 0.1) is 0 Å². The fourth-order valence-corrected chi connectivity index (χ4v) is 1.84. The molecule has 0 aliphatic rings. The third kappa shape index (κ3) is 5.97. The number of amides is 1. The fourth-order valence-electron chi connectivity index (χ4n) is 1.34. The number of carbonyl (C=O) groups excluding carboxylic acids is 1. The van der Waals surface area contributed by atoms with Gasteiger partial charge in [0.1, 0.15) is 0 Å². The smallest absolute Gasteiger partial charge is 0.288 e. The Hall–Kier alpha value is -1.14. The molecule has 0 radical (unpaired) electrons. The van der Waals surface area contributed by atoms with Crippen LogP contribution in [0.2, 0.25) is 0 Å². The lowest BCUT2D eigenvalue weighted by atomic mass is 10.0. The fraction of sp³-hybridized carbons (Fsp3) is 0.417. The zero-order valence-electron chi connectivity index (χ0n) is 10.2. The van der Waals surface area contributed by atoms with Crippen LogP contribution in [-0.2, 0) is 4.79 Å². The van der Waals surface area contributed by atoms with Crippen molar-refractivity contribution in [2.45, 2.75) is 36.5 Å². The van der Waals surface area contributed by atoms with E-state index in [-0.39, 0.29) is 12.3 Å². The first-order chi connectivity index (χ1) is 8.26. The number of hydrogen-bond acceptors (Lipinski definition) is 3. The molecule has 1 aromatic carbocycles. The Labute approximate surface area is 109 Å². The van der Waals surface area contributed by atoms with Gasteiger partial charge in [-0.2, -0.15) is 8.78 Å². The van der Waals surface area contributed by atoms with Gasteiger partial charge in [0.05, 0.1) is 0 Å². The number of hydrogen-bond donors (Lipinski definition) is 2. The second kappa shape index (κ2) is 6.15. The molecule has 0 saturated carbocycles. The highest BCUT2D eigenvalue weighted by Crippen LogP contribution is 2.26. The van der Waals surface area contributed by atoms with Crippen LogP contribution in [0.4, 0.5) is 14.5 Å². The van der Waals surface area contributed by atoms with E-state index in [1.54, 1.807) is 38.1 Å². The number of nitrogens with one attached hydrogen (secondary N) is 1. The van der Waals surface area contributed by atoms with Crippen LogP contribution >= 0.6 is 11.8 Å². The van der Waals surface area contributed by atoms with E-state index in [0.717, 1.165) is 0 Å². The SMILES string of the molecule is CC(C)(N)CC(=O)Nc1ccc(SC(F)F)cc1. The molecule has 0 atom stereocenters. The van der Waals surface area contributed by atoms with Crippen LogP contribution in [0.3, 0.4) is 0 Å². The molecular weight excluding hydrogens is 258 g/mol. The van der Waals surface area contributed by atoms with E-state index in [2.05, 4.69) is 5.32 Å². The Morgan fingerprint density at radius 3 is 2.39 bits per heavy atom. The van der Waals surface area contributed by atoms with Crippen molar-refractivity contribution in [3.05, 3.63) is 24.3 Å². The molecule has 0 spiro atoms. The summed E-state index contributed by atoms with van der Waals surface area (Å²) in [5.74, 6) is -2.64. The van der Waals surface area contributed by atoms with Crippen molar-refractivity contribution in [2.75, 3.05) is 5.32 Å². The van der Waals surface area contributed by atoms with Gasteiger partial charge in [-0.25, -0.2) is 0 Å². The van der Waals surface area contributed by atoms with E-state index in [0.29, 0.717) is 22.3 Å². The van der Waals surface area contributed by atoms with E-state index < -0.39 is 11.3 Å². The summed E-state index contributed by atoms with van der Waals surface area (Å²) in [6.07, 6.45) is 0.195. The number of benzene rings is 1. The molecule has 0 saturated heterocycles. The molecule has 18 heavy (non-hydrogen) atoms. The maximum absolute atomic E-state index is 12.1. The predicted molar refractivity (Wildman–Crippen MR) is 69.8 cm³/mol. The summed E-state index contributed by atoms with van der Waals surface area (Å²) in [5.41, 5.74) is 5.72. The highest BCUT2D eigenvalue weighted by molar-refractivity contribution is 7.99. The number of halogens is 2. The van der Waals surface area contributed by atoms with Gasteiger partial charge in [0.25, 0.3) is 5.76 Å². The maximum atomic E-state index is 12.1. The monoisotopic (exact) mass is 274 g/mol. The third-order valence-corrected chi connectivity index (χ3v) is 2.70. The molecular formula is C12H16F2N2OS. The Morgan fingerprint density at radius 1 is 1.39 bits per heavy atom. The first-order valence-electron chi connectivity index (χ1n) is 5.40. The van der Waals surface area contributed by atoms with Gasteiger partial charge in [-0.15, -0.1) is 0 Å². The van der Waals surface area contributed by atoms with E-state index in [9.17, 15) is 13.6 Å². The molecule has 6 heteroatoms. The van der Waals surface area contributed by atoms with Crippen molar-refractivity contribution in [3.63, 3.8) is 0 Å². The van der Waals surface area contributed by atoms with Crippen LogP contribution < -0.4 is 11.1 Å². The standard InChI is InChI=1S/C12H16F2N2OS/c1-12(2,15)7-10(17)16-8-3-5-9(6-4-8)18-11(13)14/h3-6,11H,7,15H2,1-2H3,(H,16,17). The van der Waals surface area contributed by atoms with E-state index in [1.165, 1.54) is 0 Å². The summed E-state index contributed by atoms with van der Waals surface area (Å²) in [4.78, 5) is 12.0. The maximum Gasteiger partial charge on any atom is 0.288 e. The number of thioether (sulfide) groups is 1. The molecule has 100 valence electrons. The molecule has 3 nitrogen and oxygen atoms in total. The summed E-state index contributed by atoms with van der Waals surface area (Å²) in [7, 11) is 0. The lowest BCUT2D eigenvalue weighted by molar-refractivity contribution is -0.117. The average molecular weight is 274 g/mol. The molecule has 0 aromatic heterocycles. The highest BCUT2D eigenvalue weighted by Gasteiger charge is 2.16. The first-order valence-corrected chi connectivity index (χ1v) is 6.28. The zero-order chi connectivity index (χ0) is 13.8. The average Bonchev–Trinajstić information content (AvgIpc) is 2.17. The summed E-state index contributed by atoms with van der Waals surface area (Å²) in [6.45, 7) is 3.52. The van der Waals surface area contributed by atoms with Crippen molar-refractivity contribution in [2.24, 2.45) is 5.73 Å². The number of alkyl halides is 2. The lowest BCUT2D eigenvalue weighted by Crippen LogP contribution is -2.36. The Bertz CT molecular complexity index is 402. The topological polar surface area (TPSA) is 55.1 Å². The van der Waals surface area contributed by atoms with E-state index in [1.807, 2.05) is 0 Å². The number of carbonyl (C=O) groups is 1. The molecule has 3 N–H and O–H groups in total. The minimum atomic E-state index is -2.44. The summed E-state index contributed by atoms with van der Waals surface area (Å²) < 4.78 is 24.2. The minimum Gasteiger partial charge on any atom is -0.326 e. The van der Waals surface area contributed by atoms with Gasteiger partial charge in [0.2, 0.25) is 5.91 Å². The van der Waals surface area contributed by atoms with E-state index in [4.69, 9.17) is 5.73 Å². The van der Waals surface area contributed by atoms with Gasteiger partial charge in [-0.3, -0.25) is 4.79 Å². The number of nitrogens with two attached hydrogens (primary N) is 1. The molecule has 0 aliphatic carbocycles. The Balaban J connectivity index is 2.56. The third-order valence-electron chi connectivity index (χ3n) is 1.98. The van der Waals surface area contributed by atoms with Crippen LogP contribution in [0.15, 0.2) is 29.2 Å². The molecule has 1 rings (SSSR count). The second-order valence-corrected chi connectivity index (χ2v) is 5.68. The molecule has 0 bridgehead atoms. The number of anilines is 1. The molecule has 0 fully saturated rings. The van der Waals surface area contributed by atoms with Crippen molar-refractivity contribution in [1.82, 2.24) is 0 Å². The molecule has 0 aliphatic heterocycles.